The molecule has 0 heterocycles. The Labute approximate surface area is 92.5 Å². The van der Waals surface area contributed by atoms with Crippen molar-refractivity contribution in [1.82, 2.24) is 4.90 Å². The average molecular weight is 217 g/mol. The number of nitrogens with zero attached hydrogens (tertiary/aromatic N) is 1. The number of amides is 1. The predicted molar refractivity (Wildman–Crippen MR) is 59.8 cm³/mol. The minimum Gasteiger partial charge on any atom is -0.383 e. The summed E-state index contributed by atoms with van der Waals surface area (Å²) in [5.74, 6) is -0.0190. The summed E-state index contributed by atoms with van der Waals surface area (Å²) in [5, 5.41) is 0. The minimum atomic E-state index is -0.277. The van der Waals surface area contributed by atoms with Crippen LogP contribution in [0.2, 0.25) is 0 Å². The van der Waals surface area contributed by atoms with E-state index in [0.717, 1.165) is 0 Å². The maximum atomic E-state index is 11.7. The van der Waals surface area contributed by atoms with Crippen molar-refractivity contribution in [2.45, 2.75) is 39.3 Å². The molecule has 0 aliphatic heterocycles. The Hall–Kier alpha value is -0.610. The molecular formula is C11H23NO3. The van der Waals surface area contributed by atoms with Gasteiger partial charge in [-0.15, -0.1) is 0 Å². The number of carbonyl (C=O) groups excluding carboxylic acids is 1. The van der Waals surface area contributed by atoms with Crippen molar-refractivity contribution in [1.29, 1.82) is 0 Å². The van der Waals surface area contributed by atoms with Crippen LogP contribution in [-0.4, -0.2) is 49.8 Å². The zero-order chi connectivity index (χ0) is 12.1. The lowest BCUT2D eigenvalue weighted by Crippen LogP contribution is -2.41. The molecule has 0 aromatic heterocycles. The molecule has 0 saturated carbocycles. The monoisotopic (exact) mass is 217 g/mol. The molecule has 0 bridgehead atoms. The molecule has 0 aliphatic carbocycles. The molecule has 15 heavy (non-hydrogen) atoms. The predicted octanol–water partition coefficient (Wildman–Crippen LogP) is 1.29. The van der Waals surface area contributed by atoms with E-state index in [1.54, 1.807) is 19.1 Å². The topological polar surface area (TPSA) is 38.8 Å². The number of carbonyl (C=O) groups is 1. The van der Waals surface area contributed by atoms with Crippen LogP contribution < -0.4 is 0 Å². The van der Waals surface area contributed by atoms with Crippen LogP contribution in [0, 0.1) is 0 Å². The first-order valence-corrected chi connectivity index (χ1v) is 5.16. The lowest BCUT2D eigenvalue weighted by molar-refractivity contribution is -0.142. The Kier molecular flexibility index (Phi) is 5.83. The quantitative estimate of drug-likeness (QED) is 0.696. The maximum Gasteiger partial charge on any atom is 0.248 e. The van der Waals surface area contributed by atoms with Crippen LogP contribution in [0.4, 0.5) is 0 Å². The molecule has 0 radical (unpaired) electrons. The molecule has 90 valence electrons. The van der Waals surface area contributed by atoms with Crippen LogP contribution in [0.5, 0.6) is 0 Å². The van der Waals surface area contributed by atoms with E-state index in [0.29, 0.717) is 6.61 Å². The molecule has 1 unspecified atom stereocenters. The molecule has 0 spiro atoms. The normalized spacial score (nSPS) is 13.7. The Morgan fingerprint density at radius 1 is 1.40 bits per heavy atom. The van der Waals surface area contributed by atoms with Crippen LogP contribution in [0.25, 0.3) is 0 Å². The van der Waals surface area contributed by atoms with Crippen molar-refractivity contribution in [2.24, 2.45) is 0 Å². The van der Waals surface area contributed by atoms with E-state index in [4.69, 9.17) is 9.47 Å². The minimum absolute atomic E-state index is 0.0190. The second kappa shape index (κ2) is 6.08. The van der Waals surface area contributed by atoms with Crippen LogP contribution in [0.3, 0.4) is 0 Å². The Morgan fingerprint density at radius 2 is 1.93 bits per heavy atom. The number of ether oxygens (including phenoxy) is 2. The highest BCUT2D eigenvalue weighted by Crippen LogP contribution is 2.07. The standard InChI is InChI=1S/C11H23NO3/c1-9(7-14-6)12(5)10(13)8-15-11(2,3)4/h9H,7-8H2,1-6H3. The third kappa shape index (κ3) is 6.47. The fourth-order valence-electron chi connectivity index (χ4n) is 0.979. The molecule has 1 amide bonds. The molecule has 0 aliphatic rings. The van der Waals surface area contributed by atoms with E-state index in [-0.39, 0.29) is 24.2 Å². The van der Waals surface area contributed by atoms with E-state index in [2.05, 4.69) is 0 Å². The second-order valence-electron chi connectivity index (χ2n) is 4.71. The fourth-order valence-corrected chi connectivity index (χ4v) is 0.979. The van der Waals surface area contributed by atoms with Crippen LogP contribution >= 0.6 is 0 Å². The van der Waals surface area contributed by atoms with Crippen molar-refractivity contribution < 1.29 is 14.3 Å². The van der Waals surface area contributed by atoms with Gasteiger partial charge in [-0.2, -0.15) is 0 Å². The van der Waals surface area contributed by atoms with E-state index >= 15 is 0 Å². The molecule has 4 nitrogen and oxygen atoms in total. The summed E-state index contributed by atoms with van der Waals surface area (Å²) in [5.41, 5.74) is -0.277. The van der Waals surface area contributed by atoms with Gasteiger partial charge in [-0.25, -0.2) is 0 Å². The smallest absolute Gasteiger partial charge is 0.248 e. The Bertz CT molecular complexity index is 198. The molecule has 4 heteroatoms. The summed E-state index contributed by atoms with van der Waals surface area (Å²) >= 11 is 0. The van der Waals surface area contributed by atoms with Gasteiger partial charge >= 0.3 is 0 Å². The van der Waals surface area contributed by atoms with Crippen LogP contribution in [-0.2, 0) is 14.3 Å². The Balaban J connectivity index is 3.99. The molecule has 0 rings (SSSR count). The largest absolute Gasteiger partial charge is 0.383 e. The first kappa shape index (κ1) is 14.4. The van der Waals surface area contributed by atoms with E-state index in [9.17, 15) is 4.79 Å². The molecule has 0 aromatic rings. The van der Waals surface area contributed by atoms with Crippen molar-refractivity contribution in [3.8, 4) is 0 Å². The summed E-state index contributed by atoms with van der Waals surface area (Å²) in [6.07, 6.45) is 0. The van der Waals surface area contributed by atoms with Gasteiger partial charge in [0.25, 0.3) is 0 Å². The lowest BCUT2D eigenvalue weighted by Gasteiger charge is -2.26. The van der Waals surface area contributed by atoms with Crippen molar-refractivity contribution >= 4 is 5.91 Å². The van der Waals surface area contributed by atoms with E-state index in [1.807, 2.05) is 27.7 Å². The Morgan fingerprint density at radius 3 is 2.33 bits per heavy atom. The molecule has 0 fully saturated rings. The molecule has 0 N–H and O–H groups in total. The summed E-state index contributed by atoms with van der Waals surface area (Å²) in [6.45, 7) is 8.39. The lowest BCUT2D eigenvalue weighted by atomic mass is 10.2. The number of likely N-dealkylation sites (N-methyl/N-ethyl adjacent to an activating group) is 1. The van der Waals surface area contributed by atoms with Gasteiger partial charge in [-0.05, 0) is 27.7 Å². The van der Waals surface area contributed by atoms with E-state index < -0.39 is 0 Å². The SMILES string of the molecule is COCC(C)N(C)C(=O)COC(C)(C)C. The van der Waals surface area contributed by atoms with Crippen molar-refractivity contribution in [2.75, 3.05) is 27.4 Å². The summed E-state index contributed by atoms with van der Waals surface area (Å²) in [4.78, 5) is 13.3. The third-order valence-electron chi connectivity index (χ3n) is 2.09. The highest BCUT2D eigenvalue weighted by Gasteiger charge is 2.18. The van der Waals surface area contributed by atoms with Crippen molar-refractivity contribution in [3.05, 3.63) is 0 Å². The molecule has 0 saturated heterocycles. The van der Waals surface area contributed by atoms with Gasteiger partial charge in [0.05, 0.1) is 18.2 Å². The zero-order valence-electron chi connectivity index (χ0n) is 10.7. The van der Waals surface area contributed by atoms with Gasteiger partial charge in [-0.1, -0.05) is 0 Å². The molecular weight excluding hydrogens is 194 g/mol. The second-order valence-corrected chi connectivity index (χ2v) is 4.71. The highest BCUT2D eigenvalue weighted by molar-refractivity contribution is 5.77. The fraction of sp³-hybridized carbons (Fsp3) is 0.909. The van der Waals surface area contributed by atoms with Gasteiger partial charge in [0.15, 0.2) is 0 Å². The summed E-state index contributed by atoms with van der Waals surface area (Å²) in [6, 6.07) is 0.0751. The maximum absolute atomic E-state index is 11.7. The van der Waals surface area contributed by atoms with Crippen molar-refractivity contribution in [3.63, 3.8) is 0 Å². The van der Waals surface area contributed by atoms with Gasteiger partial charge < -0.3 is 14.4 Å². The number of rotatable bonds is 5. The van der Waals surface area contributed by atoms with E-state index in [1.165, 1.54) is 0 Å². The average Bonchev–Trinajstić information content (AvgIpc) is 2.12. The number of hydrogen-bond acceptors (Lipinski definition) is 3. The third-order valence-corrected chi connectivity index (χ3v) is 2.09. The van der Waals surface area contributed by atoms with Gasteiger partial charge in [0, 0.05) is 14.2 Å². The summed E-state index contributed by atoms with van der Waals surface area (Å²) < 4.78 is 10.4. The van der Waals surface area contributed by atoms with Gasteiger partial charge in [0.1, 0.15) is 6.61 Å². The molecule has 0 aromatic carbocycles. The molecule has 1 atom stereocenters. The summed E-state index contributed by atoms with van der Waals surface area (Å²) in [7, 11) is 3.39. The van der Waals surface area contributed by atoms with Crippen LogP contribution in [0.1, 0.15) is 27.7 Å². The highest BCUT2D eigenvalue weighted by atomic mass is 16.5. The van der Waals surface area contributed by atoms with Gasteiger partial charge in [-0.3, -0.25) is 4.79 Å². The first-order valence-electron chi connectivity index (χ1n) is 5.16. The van der Waals surface area contributed by atoms with Gasteiger partial charge in [0.2, 0.25) is 5.91 Å². The zero-order valence-corrected chi connectivity index (χ0v) is 10.7. The first-order chi connectivity index (χ1) is 6.78. The number of methoxy groups -OCH3 is 1. The van der Waals surface area contributed by atoms with Crippen LogP contribution in [0.15, 0.2) is 0 Å². The number of hydrogen-bond donors (Lipinski definition) is 0.